The molecule has 0 fully saturated rings. The van der Waals surface area contributed by atoms with Gasteiger partial charge in [0.2, 0.25) is 0 Å². The van der Waals surface area contributed by atoms with Crippen LogP contribution in [0.3, 0.4) is 0 Å². The van der Waals surface area contributed by atoms with Gasteiger partial charge >= 0.3 is 0 Å². The Balaban J connectivity index is 1.52. The monoisotopic (exact) mass is 296 g/mol. The molecule has 3 heteroatoms. The Morgan fingerprint density at radius 2 is 1.77 bits per heavy atom. The van der Waals surface area contributed by atoms with Gasteiger partial charge < -0.3 is 14.2 Å². The summed E-state index contributed by atoms with van der Waals surface area (Å²) in [6.45, 7) is 1.87. The quantitative estimate of drug-likeness (QED) is 0.756. The molecule has 0 saturated heterocycles. The molecule has 0 aromatic heterocycles. The van der Waals surface area contributed by atoms with Crippen molar-refractivity contribution in [2.75, 3.05) is 20.3 Å². The summed E-state index contributed by atoms with van der Waals surface area (Å²) in [6, 6.07) is 18.2. The zero-order valence-corrected chi connectivity index (χ0v) is 12.7. The van der Waals surface area contributed by atoms with Gasteiger partial charge in [-0.2, -0.15) is 0 Å². The molecule has 3 nitrogen and oxygen atoms in total. The van der Waals surface area contributed by atoms with Crippen LogP contribution in [0.4, 0.5) is 0 Å². The van der Waals surface area contributed by atoms with Crippen molar-refractivity contribution >= 4 is 0 Å². The van der Waals surface area contributed by atoms with E-state index in [-0.39, 0.29) is 6.10 Å². The van der Waals surface area contributed by atoms with Crippen LogP contribution in [-0.2, 0) is 16.1 Å². The van der Waals surface area contributed by atoms with Crippen LogP contribution < -0.4 is 4.74 Å². The molecule has 0 amide bonds. The van der Waals surface area contributed by atoms with E-state index in [9.17, 15) is 0 Å². The summed E-state index contributed by atoms with van der Waals surface area (Å²) in [5.74, 6) is 0.858. The second-order valence-electron chi connectivity index (χ2n) is 5.31. The van der Waals surface area contributed by atoms with Crippen molar-refractivity contribution < 1.29 is 14.2 Å². The van der Waals surface area contributed by atoms with Gasteiger partial charge in [0, 0.05) is 0 Å². The van der Waals surface area contributed by atoms with E-state index in [1.807, 2.05) is 42.5 Å². The molecule has 1 aliphatic rings. The van der Waals surface area contributed by atoms with E-state index in [0.717, 1.165) is 11.3 Å². The highest BCUT2D eigenvalue weighted by Crippen LogP contribution is 2.28. The van der Waals surface area contributed by atoms with Crippen LogP contribution in [0.2, 0.25) is 0 Å². The van der Waals surface area contributed by atoms with Gasteiger partial charge in [0.25, 0.3) is 0 Å². The molecule has 2 aromatic rings. The average Bonchev–Trinajstić information content (AvgIpc) is 3.05. The zero-order valence-electron chi connectivity index (χ0n) is 12.7. The fourth-order valence-corrected chi connectivity index (χ4v) is 2.46. The Kier molecular flexibility index (Phi) is 4.88. The minimum absolute atomic E-state index is 0.0150. The highest BCUT2D eigenvalue weighted by Gasteiger charge is 2.18. The molecule has 0 radical (unpaired) electrons. The lowest BCUT2D eigenvalue weighted by Gasteiger charge is -2.08. The fourth-order valence-electron chi connectivity index (χ4n) is 2.46. The smallest absolute Gasteiger partial charge is 0.118 e. The van der Waals surface area contributed by atoms with Crippen LogP contribution in [0.1, 0.15) is 17.2 Å². The standard InChI is InChI=1S/C19H20O3/c1-20-18-9-7-17(8-10-18)19-11-16(14-22-19)13-21-12-15-5-3-2-4-6-15/h2-11,19H,12-14H2,1H3. The van der Waals surface area contributed by atoms with E-state index in [1.165, 1.54) is 11.1 Å². The van der Waals surface area contributed by atoms with Crippen molar-refractivity contribution in [3.63, 3.8) is 0 Å². The van der Waals surface area contributed by atoms with Crippen LogP contribution in [-0.4, -0.2) is 20.3 Å². The molecule has 22 heavy (non-hydrogen) atoms. The maximum absolute atomic E-state index is 5.81. The number of methoxy groups -OCH3 is 1. The molecule has 1 heterocycles. The molecule has 1 aliphatic heterocycles. The van der Waals surface area contributed by atoms with Gasteiger partial charge in [-0.25, -0.2) is 0 Å². The van der Waals surface area contributed by atoms with Gasteiger partial charge in [-0.3, -0.25) is 0 Å². The Labute approximate surface area is 131 Å². The molecule has 0 N–H and O–H groups in total. The van der Waals surface area contributed by atoms with Crippen LogP contribution in [0.15, 0.2) is 66.2 Å². The van der Waals surface area contributed by atoms with Crippen LogP contribution in [0.5, 0.6) is 5.75 Å². The Bertz CT molecular complexity index is 617. The van der Waals surface area contributed by atoms with Crippen molar-refractivity contribution in [1.82, 2.24) is 0 Å². The molecular weight excluding hydrogens is 276 g/mol. The Morgan fingerprint density at radius 1 is 1.00 bits per heavy atom. The Hall–Kier alpha value is -2.10. The molecule has 114 valence electrons. The number of hydrogen-bond donors (Lipinski definition) is 0. The maximum atomic E-state index is 5.81. The molecular formula is C19H20O3. The van der Waals surface area contributed by atoms with Gasteiger partial charge in [-0.15, -0.1) is 0 Å². The van der Waals surface area contributed by atoms with E-state index in [2.05, 4.69) is 18.2 Å². The molecule has 1 unspecified atom stereocenters. The largest absolute Gasteiger partial charge is 0.497 e. The van der Waals surface area contributed by atoms with Crippen molar-refractivity contribution in [3.05, 3.63) is 77.4 Å². The van der Waals surface area contributed by atoms with Gasteiger partial charge in [0.15, 0.2) is 0 Å². The third kappa shape index (κ3) is 3.75. The van der Waals surface area contributed by atoms with E-state index in [4.69, 9.17) is 14.2 Å². The summed E-state index contributed by atoms with van der Waals surface area (Å²) in [5.41, 5.74) is 3.52. The van der Waals surface area contributed by atoms with Crippen molar-refractivity contribution in [2.24, 2.45) is 0 Å². The summed E-state index contributed by atoms with van der Waals surface area (Å²) in [4.78, 5) is 0. The van der Waals surface area contributed by atoms with Gasteiger partial charge in [-0.1, -0.05) is 42.5 Å². The first-order valence-electron chi connectivity index (χ1n) is 7.42. The SMILES string of the molecule is COc1ccc(C2C=C(COCc3ccccc3)CO2)cc1. The van der Waals surface area contributed by atoms with Gasteiger partial charge in [-0.05, 0) is 34.9 Å². The predicted molar refractivity (Wildman–Crippen MR) is 85.9 cm³/mol. The first-order valence-corrected chi connectivity index (χ1v) is 7.42. The second kappa shape index (κ2) is 7.25. The second-order valence-corrected chi connectivity index (χ2v) is 5.31. The molecule has 1 atom stereocenters. The van der Waals surface area contributed by atoms with Gasteiger partial charge in [0.1, 0.15) is 11.9 Å². The van der Waals surface area contributed by atoms with Crippen molar-refractivity contribution in [3.8, 4) is 5.75 Å². The summed E-state index contributed by atoms with van der Waals surface area (Å²) in [7, 11) is 1.67. The molecule has 0 aliphatic carbocycles. The van der Waals surface area contributed by atoms with Crippen molar-refractivity contribution in [2.45, 2.75) is 12.7 Å². The summed E-state index contributed by atoms with van der Waals surface area (Å²) in [6.07, 6.45) is 2.16. The number of hydrogen-bond acceptors (Lipinski definition) is 3. The highest BCUT2D eigenvalue weighted by molar-refractivity contribution is 5.32. The number of rotatable bonds is 6. The minimum Gasteiger partial charge on any atom is -0.497 e. The third-order valence-corrected chi connectivity index (χ3v) is 3.68. The van der Waals surface area contributed by atoms with Gasteiger partial charge in [0.05, 0.1) is 26.9 Å². The normalized spacial score (nSPS) is 17.3. The molecule has 3 rings (SSSR count). The van der Waals surface area contributed by atoms with Crippen molar-refractivity contribution in [1.29, 1.82) is 0 Å². The number of ether oxygens (including phenoxy) is 3. The maximum Gasteiger partial charge on any atom is 0.118 e. The first-order chi connectivity index (χ1) is 10.8. The topological polar surface area (TPSA) is 27.7 Å². The van der Waals surface area contributed by atoms with Crippen LogP contribution in [0.25, 0.3) is 0 Å². The lowest BCUT2D eigenvalue weighted by Crippen LogP contribution is -2.00. The summed E-state index contributed by atoms with van der Waals surface area (Å²) >= 11 is 0. The lowest BCUT2D eigenvalue weighted by molar-refractivity contribution is 0.107. The average molecular weight is 296 g/mol. The Morgan fingerprint density at radius 3 is 2.50 bits per heavy atom. The van der Waals surface area contributed by atoms with E-state index >= 15 is 0 Å². The third-order valence-electron chi connectivity index (χ3n) is 3.68. The fraction of sp³-hybridized carbons (Fsp3) is 0.263. The molecule has 0 spiro atoms. The zero-order chi connectivity index (χ0) is 15.2. The van der Waals surface area contributed by atoms with E-state index in [0.29, 0.717) is 19.8 Å². The molecule has 0 saturated carbocycles. The van der Waals surface area contributed by atoms with E-state index in [1.54, 1.807) is 7.11 Å². The molecule has 0 bridgehead atoms. The van der Waals surface area contributed by atoms with Crippen LogP contribution in [0, 0.1) is 0 Å². The molecule has 2 aromatic carbocycles. The highest BCUT2D eigenvalue weighted by atomic mass is 16.5. The summed E-state index contributed by atoms with van der Waals surface area (Å²) < 4.78 is 16.7. The first kappa shape index (κ1) is 14.8. The summed E-state index contributed by atoms with van der Waals surface area (Å²) in [5, 5.41) is 0. The van der Waals surface area contributed by atoms with Crippen LogP contribution >= 0.6 is 0 Å². The minimum atomic E-state index is 0.0150. The lowest BCUT2D eigenvalue weighted by atomic mass is 10.1. The van der Waals surface area contributed by atoms with E-state index < -0.39 is 0 Å². The predicted octanol–water partition coefficient (Wildman–Crippen LogP) is 3.91. The number of benzene rings is 2.